The molecule has 0 spiro atoms. The highest BCUT2D eigenvalue weighted by Gasteiger charge is 2.34. The Labute approximate surface area is 178 Å². The van der Waals surface area contributed by atoms with Crippen molar-refractivity contribution in [2.75, 3.05) is 43.4 Å². The van der Waals surface area contributed by atoms with Crippen molar-refractivity contribution >= 4 is 38.3 Å². The number of fused-ring (bicyclic) bond motifs is 1. The van der Waals surface area contributed by atoms with E-state index in [1.54, 1.807) is 0 Å². The maximum Gasteiger partial charge on any atom is 0.233 e. The fraction of sp³-hybridized carbons (Fsp3) is 0.500. The number of rotatable bonds is 9. The van der Waals surface area contributed by atoms with Gasteiger partial charge < -0.3 is 9.80 Å². The van der Waals surface area contributed by atoms with E-state index < -0.39 is 9.84 Å². The first-order chi connectivity index (χ1) is 13.9. The van der Waals surface area contributed by atoms with Gasteiger partial charge in [0.05, 0.1) is 17.3 Å². The van der Waals surface area contributed by atoms with Crippen LogP contribution in [0, 0.1) is 0 Å². The van der Waals surface area contributed by atoms with Gasteiger partial charge in [-0.15, -0.1) is 11.8 Å². The summed E-state index contributed by atoms with van der Waals surface area (Å²) in [5.74, 6) is 0.632. The van der Waals surface area contributed by atoms with Crippen LogP contribution in [0.3, 0.4) is 0 Å². The third-order valence-electron chi connectivity index (χ3n) is 5.60. The Hall–Kier alpha value is -1.57. The molecule has 1 heterocycles. The molecule has 0 aromatic heterocycles. The quantitative estimate of drug-likeness (QED) is 0.567. The zero-order valence-corrected chi connectivity index (χ0v) is 18.8. The van der Waals surface area contributed by atoms with Crippen molar-refractivity contribution in [3.05, 3.63) is 42.5 Å². The fourth-order valence-corrected chi connectivity index (χ4v) is 6.37. The smallest absolute Gasteiger partial charge is 0.233 e. The maximum absolute atomic E-state index is 13.1. The number of likely N-dealkylation sites (N-methyl/N-ethyl adjacent to an activating group) is 1. The van der Waals surface area contributed by atoms with E-state index >= 15 is 0 Å². The van der Waals surface area contributed by atoms with Crippen LogP contribution in [0.15, 0.2) is 47.4 Å². The fourth-order valence-electron chi connectivity index (χ4n) is 3.81. The predicted molar refractivity (Wildman–Crippen MR) is 121 cm³/mol. The van der Waals surface area contributed by atoms with E-state index in [2.05, 4.69) is 43.0 Å². The molecule has 0 bridgehead atoms. The number of carbonyl (C=O) groups is 1. The molecule has 0 N–H and O–H groups in total. The van der Waals surface area contributed by atoms with Crippen molar-refractivity contribution in [1.29, 1.82) is 0 Å². The largest absolute Gasteiger partial charge is 0.337 e. The number of sulfone groups is 1. The second-order valence-corrected chi connectivity index (χ2v) is 10.7. The van der Waals surface area contributed by atoms with Gasteiger partial charge in [0.1, 0.15) is 0 Å². The van der Waals surface area contributed by atoms with Crippen LogP contribution in [0.25, 0.3) is 10.8 Å². The summed E-state index contributed by atoms with van der Waals surface area (Å²) in [6, 6.07) is 14.2. The third kappa shape index (κ3) is 5.96. The number of hydrogen-bond acceptors (Lipinski definition) is 5. The number of nitrogens with zero attached hydrogens (tertiary/aromatic N) is 2. The molecule has 2 aromatic rings. The summed E-state index contributed by atoms with van der Waals surface area (Å²) in [7, 11) is -3.03. The zero-order valence-electron chi connectivity index (χ0n) is 17.2. The minimum absolute atomic E-state index is 0.0254. The van der Waals surface area contributed by atoms with E-state index in [0.29, 0.717) is 18.7 Å². The van der Waals surface area contributed by atoms with Crippen LogP contribution in [0.5, 0.6) is 0 Å². The summed E-state index contributed by atoms with van der Waals surface area (Å²) in [5.41, 5.74) is 0. The van der Waals surface area contributed by atoms with Gasteiger partial charge in [0.2, 0.25) is 5.91 Å². The Kier molecular flexibility index (Phi) is 7.60. The van der Waals surface area contributed by atoms with Gasteiger partial charge in [0.15, 0.2) is 9.84 Å². The van der Waals surface area contributed by atoms with Crippen LogP contribution in [0.4, 0.5) is 0 Å². The molecule has 158 valence electrons. The van der Waals surface area contributed by atoms with E-state index in [9.17, 15) is 13.2 Å². The van der Waals surface area contributed by atoms with Gasteiger partial charge in [-0.2, -0.15) is 0 Å². The number of carbonyl (C=O) groups excluding carboxylic acids is 1. The second kappa shape index (κ2) is 9.96. The SMILES string of the molecule is CCN(CC)CCN(C(=O)CSc1ccc2ccccc2c1)C1CCS(=O)(=O)C1. The van der Waals surface area contributed by atoms with Crippen LogP contribution in [-0.2, 0) is 14.6 Å². The number of benzene rings is 2. The van der Waals surface area contributed by atoms with Crippen molar-refractivity contribution in [1.82, 2.24) is 9.80 Å². The van der Waals surface area contributed by atoms with Crippen molar-refractivity contribution in [2.45, 2.75) is 31.2 Å². The Bertz CT molecular complexity index is 942. The van der Waals surface area contributed by atoms with Gasteiger partial charge in [0, 0.05) is 24.0 Å². The van der Waals surface area contributed by atoms with Gasteiger partial charge in [-0.05, 0) is 42.4 Å². The second-order valence-electron chi connectivity index (χ2n) is 7.47. The number of thioether (sulfide) groups is 1. The molecular weight excluding hydrogens is 404 g/mol. The van der Waals surface area contributed by atoms with E-state index in [1.807, 2.05) is 23.1 Å². The molecule has 7 heteroatoms. The molecule has 1 unspecified atom stereocenters. The van der Waals surface area contributed by atoms with Gasteiger partial charge in [-0.1, -0.05) is 44.2 Å². The molecular formula is C22H30N2O3S2. The van der Waals surface area contributed by atoms with Crippen molar-refractivity contribution in [2.24, 2.45) is 0 Å². The van der Waals surface area contributed by atoms with Crippen molar-refractivity contribution in [3.63, 3.8) is 0 Å². The molecule has 3 rings (SSSR count). The lowest BCUT2D eigenvalue weighted by Crippen LogP contribution is -2.46. The predicted octanol–water partition coefficient (Wildman–Crippen LogP) is 3.29. The van der Waals surface area contributed by atoms with Crippen LogP contribution < -0.4 is 0 Å². The Morgan fingerprint density at radius 2 is 1.79 bits per heavy atom. The zero-order chi connectivity index (χ0) is 20.9. The molecule has 1 atom stereocenters. The first-order valence-corrected chi connectivity index (χ1v) is 13.1. The highest BCUT2D eigenvalue weighted by Crippen LogP contribution is 2.25. The average Bonchev–Trinajstić information content (AvgIpc) is 3.08. The van der Waals surface area contributed by atoms with Crippen LogP contribution in [-0.4, -0.2) is 73.6 Å². The first-order valence-electron chi connectivity index (χ1n) is 10.3. The molecule has 0 radical (unpaired) electrons. The molecule has 1 fully saturated rings. The lowest BCUT2D eigenvalue weighted by atomic mass is 10.1. The van der Waals surface area contributed by atoms with Gasteiger partial charge in [-0.25, -0.2) is 8.42 Å². The Morgan fingerprint density at radius 1 is 1.07 bits per heavy atom. The minimum Gasteiger partial charge on any atom is -0.337 e. The molecule has 29 heavy (non-hydrogen) atoms. The van der Waals surface area contributed by atoms with E-state index in [-0.39, 0.29) is 23.5 Å². The van der Waals surface area contributed by atoms with E-state index in [4.69, 9.17) is 0 Å². The summed E-state index contributed by atoms with van der Waals surface area (Å²) >= 11 is 1.52. The monoisotopic (exact) mass is 434 g/mol. The Morgan fingerprint density at radius 3 is 2.45 bits per heavy atom. The van der Waals surface area contributed by atoms with Crippen molar-refractivity contribution < 1.29 is 13.2 Å². The van der Waals surface area contributed by atoms with E-state index in [1.165, 1.54) is 17.1 Å². The minimum atomic E-state index is -3.03. The van der Waals surface area contributed by atoms with Crippen LogP contribution in [0.1, 0.15) is 20.3 Å². The summed E-state index contributed by atoms with van der Waals surface area (Å²) in [6.07, 6.45) is 0.549. The highest BCUT2D eigenvalue weighted by molar-refractivity contribution is 8.00. The van der Waals surface area contributed by atoms with Gasteiger partial charge >= 0.3 is 0 Å². The number of hydrogen-bond donors (Lipinski definition) is 0. The van der Waals surface area contributed by atoms with E-state index in [0.717, 1.165) is 29.9 Å². The third-order valence-corrected chi connectivity index (χ3v) is 8.33. The first kappa shape index (κ1) is 22.1. The lowest BCUT2D eigenvalue weighted by Gasteiger charge is -2.30. The summed E-state index contributed by atoms with van der Waals surface area (Å²) in [4.78, 5) is 18.2. The molecule has 5 nitrogen and oxygen atoms in total. The van der Waals surface area contributed by atoms with Gasteiger partial charge in [0.25, 0.3) is 0 Å². The molecule has 1 amide bonds. The molecule has 1 aliphatic rings. The molecule has 0 saturated carbocycles. The summed E-state index contributed by atoms with van der Waals surface area (Å²) < 4.78 is 23.9. The van der Waals surface area contributed by atoms with Crippen molar-refractivity contribution in [3.8, 4) is 0 Å². The Balaban J connectivity index is 1.67. The molecule has 2 aromatic carbocycles. The standard InChI is InChI=1S/C22H30N2O3S2/c1-3-23(4-2)12-13-24(20-11-14-29(26,27)17-20)22(25)16-28-21-10-9-18-7-5-6-8-19(18)15-21/h5-10,15,20H,3-4,11-14,16-17H2,1-2H3. The normalized spacial score (nSPS) is 18.4. The summed E-state index contributed by atoms with van der Waals surface area (Å²) in [5, 5.41) is 2.34. The van der Waals surface area contributed by atoms with Crippen LogP contribution in [0.2, 0.25) is 0 Å². The van der Waals surface area contributed by atoms with Crippen LogP contribution >= 0.6 is 11.8 Å². The van der Waals surface area contributed by atoms with Gasteiger partial charge in [-0.3, -0.25) is 4.79 Å². The average molecular weight is 435 g/mol. The molecule has 1 saturated heterocycles. The number of amides is 1. The molecule has 0 aliphatic carbocycles. The lowest BCUT2D eigenvalue weighted by molar-refractivity contribution is -0.130. The highest BCUT2D eigenvalue weighted by atomic mass is 32.2. The maximum atomic E-state index is 13.1. The molecule has 1 aliphatic heterocycles. The summed E-state index contributed by atoms with van der Waals surface area (Å²) in [6.45, 7) is 7.41. The topological polar surface area (TPSA) is 57.7 Å².